The molecule has 2 heterocycles. The molecule has 0 aliphatic rings. The maximum atomic E-state index is 10.4. The molecule has 0 unspecified atom stereocenters. The van der Waals surface area contributed by atoms with E-state index in [0.717, 1.165) is 5.69 Å². The van der Waals surface area contributed by atoms with Crippen LogP contribution in [0.5, 0.6) is 0 Å². The van der Waals surface area contributed by atoms with E-state index in [1.54, 1.807) is 22.9 Å². The van der Waals surface area contributed by atoms with Crippen LogP contribution in [0.25, 0.3) is 5.78 Å². The number of aryl methyl sites for hydroxylation is 1. The van der Waals surface area contributed by atoms with Crippen molar-refractivity contribution in [2.75, 3.05) is 0 Å². The second kappa shape index (κ2) is 4.75. The van der Waals surface area contributed by atoms with Gasteiger partial charge in [0.25, 0.3) is 0 Å². The number of rotatable bonds is 3. The molecule has 2 aromatic rings. The van der Waals surface area contributed by atoms with E-state index in [2.05, 4.69) is 9.97 Å². The van der Waals surface area contributed by atoms with E-state index in [1.165, 1.54) is 0 Å². The van der Waals surface area contributed by atoms with Crippen LogP contribution in [-0.2, 0) is 11.2 Å². The monoisotopic (exact) mass is 227 g/mol. The molecule has 6 heteroatoms. The van der Waals surface area contributed by atoms with Gasteiger partial charge in [-0.1, -0.05) is 0 Å². The van der Waals surface area contributed by atoms with Crippen LogP contribution in [-0.4, -0.2) is 25.4 Å². The Balaban J connectivity index is 0.00000112. The number of halogens is 1. The van der Waals surface area contributed by atoms with Crippen molar-refractivity contribution in [2.45, 2.75) is 12.8 Å². The number of carboxylic acids is 1. The molecule has 0 fully saturated rings. The Kier molecular flexibility index (Phi) is 3.62. The lowest BCUT2D eigenvalue weighted by Crippen LogP contribution is -2.00. The summed E-state index contributed by atoms with van der Waals surface area (Å²) in [5.41, 5.74) is 0.871. The Morgan fingerprint density at radius 2 is 2.27 bits per heavy atom. The smallest absolute Gasteiger partial charge is 0.303 e. The predicted octanol–water partition coefficient (Wildman–Crippen LogP) is 1.17. The molecule has 1 N–H and O–H groups in total. The summed E-state index contributed by atoms with van der Waals surface area (Å²) < 4.78 is 1.79. The van der Waals surface area contributed by atoms with Crippen molar-refractivity contribution in [3.8, 4) is 0 Å². The molecule has 2 aromatic heterocycles. The number of hydrogen-bond acceptors (Lipinski definition) is 3. The minimum atomic E-state index is -0.802. The Labute approximate surface area is 92.2 Å². The number of aliphatic carboxylic acids is 1. The van der Waals surface area contributed by atoms with E-state index >= 15 is 0 Å². The predicted molar refractivity (Wildman–Crippen MR) is 56.2 cm³/mol. The molecule has 0 amide bonds. The average molecular weight is 228 g/mol. The molecule has 2 rings (SSSR count). The summed E-state index contributed by atoms with van der Waals surface area (Å²) in [6, 6.07) is 1.79. The van der Waals surface area contributed by atoms with Crippen LogP contribution in [0.3, 0.4) is 0 Å². The number of fused-ring (bicyclic) bond motifs is 1. The maximum Gasteiger partial charge on any atom is 0.303 e. The van der Waals surface area contributed by atoms with Gasteiger partial charge in [0, 0.05) is 24.5 Å². The van der Waals surface area contributed by atoms with E-state index in [-0.39, 0.29) is 18.8 Å². The van der Waals surface area contributed by atoms with Gasteiger partial charge in [-0.05, 0) is 6.07 Å². The highest BCUT2D eigenvalue weighted by molar-refractivity contribution is 5.85. The van der Waals surface area contributed by atoms with Crippen molar-refractivity contribution >= 4 is 24.2 Å². The molecule has 0 saturated heterocycles. The second-order valence-electron chi connectivity index (χ2n) is 2.93. The lowest BCUT2D eigenvalue weighted by atomic mass is 10.2. The second-order valence-corrected chi connectivity index (χ2v) is 2.93. The van der Waals surface area contributed by atoms with E-state index in [4.69, 9.17) is 5.11 Å². The Bertz CT molecular complexity index is 469. The van der Waals surface area contributed by atoms with Gasteiger partial charge in [-0.25, -0.2) is 9.97 Å². The summed E-state index contributed by atoms with van der Waals surface area (Å²) in [6.07, 6.45) is 5.73. The third kappa shape index (κ3) is 2.44. The van der Waals surface area contributed by atoms with Crippen molar-refractivity contribution in [1.29, 1.82) is 0 Å². The molecule has 0 radical (unpaired) electrons. The van der Waals surface area contributed by atoms with Crippen LogP contribution in [0.4, 0.5) is 0 Å². The SMILES string of the molecule is Cl.O=C(O)CCc1cnc2ncccn12. The van der Waals surface area contributed by atoms with Crippen molar-refractivity contribution in [3.63, 3.8) is 0 Å². The highest BCUT2D eigenvalue weighted by atomic mass is 35.5. The molecule has 0 aromatic carbocycles. The molecule has 0 aliphatic carbocycles. The van der Waals surface area contributed by atoms with Gasteiger partial charge in [0.1, 0.15) is 0 Å². The van der Waals surface area contributed by atoms with Gasteiger partial charge in [-0.2, -0.15) is 0 Å². The first-order valence-electron chi connectivity index (χ1n) is 4.26. The molecule has 5 nitrogen and oxygen atoms in total. The van der Waals surface area contributed by atoms with Gasteiger partial charge in [0.15, 0.2) is 0 Å². The topological polar surface area (TPSA) is 67.5 Å². The van der Waals surface area contributed by atoms with Crippen molar-refractivity contribution < 1.29 is 9.90 Å². The van der Waals surface area contributed by atoms with E-state index in [9.17, 15) is 4.79 Å². The van der Waals surface area contributed by atoms with Crippen molar-refractivity contribution in [1.82, 2.24) is 14.4 Å². The highest BCUT2D eigenvalue weighted by Gasteiger charge is 2.05. The molecular formula is C9H10ClN3O2. The van der Waals surface area contributed by atoms with Crippen LogP contribution in [0.15, 0.2) is 24.7 Å². The quantitative estimate of drug-likeness (QED) is 0.855. The molecule has 0 atom stereocenters. The average Bonchev–Trinajstić information content (AvgIpc) is 2.58. The number of nitrogens with zero attached hydrogens (tertiary/aromatic N) is 3. The molecule has 0 bridgehead atoms. The summed E-state index contributed by atoms with van der Waals surface area (Å²) in [4.78, 5) is 18.5. The summed E-state index contributed by atoms with van der Waals surface area (Å²) in [7, 11) is 0. The lowest BCUT2D eigenvalue weighted by Gasteiger charge is -1.97. The lowest BCUT2D eigenvalue weighted by molar-refractivity contribution is -0.136. The van der Waals surface area contributed by atoms with Gasteiger partial charge in [0.2, 0.25) is 5.78 Å². The first-order chi connectivity index (χ1) is 6.77. The van der Waals surface area contributed by atoms with Crippen LogP contribution < -0.4 is 0 Å². The largest absolute Gasteiger partial charge is 0.481 e. The van der Waals surface area contributed by atoms with Gasteiger partial charge >= 0.3 is 5.97 Å². The number of carbonyl (C=O) groups is 1. The number of carboxylic acid groups (broad SMARTS) is 1. The Morgan fingerprint density at radius 3 is 3.00 bits per heavy atom. The van der Waals surface area contributed by atoms with E-state index in [1.807, 2.05) is 6.20 Å². The maximum absolute atomic E-state index is 10.4. The van der Waals surface area contributed by atoms with Crippen LogP contribution in [0.1, 0.15) is 12.1 Å². The fourth-order valence-corrected chi connectivity index (χ4v) is 1.30. The van der Waals surface area contributed by atoms with Crippen molar-refractivity contribution in [2.24, 2.45) is 0 Å². The third-order valence-electron chi connectivity index (χ3n) is 1.96. The van der Waals surface area contributed by atoms with Gasteiger partial charge in [-0.3, -0.25) is 9.20 Å². The normalized spacial score (nSPS) is 9.87. The molecule has 80 valence electrons. The van der Waals surface area contributed by atoms with E-state index in [0.29, 0.717) is 12.2 Å². The zero-order chi connectivity index (χ0) is 9.97. The third-order valence-corrected chi connectivity index (χ3v) is 1.96. The Hall–Kier alpha value is -1.62. The van der Waals surface area contributed by atoms with Gasteiger partial charge in [-0.15, -0.1) is 12.4 Å². The molecule has 0 spiro atoms. The first kappa shape index (κ1) is 11.5. The van der Waals surface area contributed by atoms with Crippen LogP contribution >= 0.6 is 12.4 Å². The highest BCUT2D eigenvalue weighted by Crippen LogP contribution is 2.05. The minimum Gasteiger partial charge on any atom is -0.481 e. The van der Waals surface area contributed by atoms with Crippen molar-refractivity contribution in [3.05, 3.63) is 30.4 Å². The van der Waals surface area contributed by atoms with Crippen LogP contribution in [0.2, 0.25) is 0 Å². The number of aromatic nitrogens is 3. The molecule has 15 heavy (non-hydrogen) atoms. The standard InChI is InChI=1S/C9H9N3O2.ClH/c13-8(14)3-2-7-6-11-9-10-4-1-5-12(7)9;/h1,4-6H,2-3H2,(H,13,14);1H. The summed E-state index contributed by atoms with van der Waals surface area (Å²) in [5, 5.41) is 8.54. The molecule has 0 aliphatic heterocycles. The van der Waals surface area contributed by atoms with Crippen LogP contribution in [0, 0.1) is 0 Å². The van der Waals surface area contributed by atoms with Gasteiger partial charge < -0.3 is 5.11 Å². The fourth-order valence-electron chi connectivity index (χ4n) is 1.30. The molecular weight excluding hydrogens is 218 g/mol. The first-order valence-corrected chi connectivity index (χ1v) is 4.26. The summed E-state index contributed by atoms with van der Waals surface area (Å²) in [6.45, 7) is 0. The zero-order valence-electron chi connectivity index (χ0n) is 7.83. The summed E-state index contributed by atoms with van der Waals surface area (Å²) >= 11 is 0. The Morgan fingerprint density at radius 1 is 1.47 bits per heavy atom. The number of imidazole rings is 1. The molecule has 0 saturated carbocycles. The fraction of sp³-hybridized carbons (Fsp3) is 0.222. The minimum absolute atomic E-state index is 0. The van der Waals surface area contributed by atoms with E-state index < -0.39 is 5.97 Å². The van der Waals surface area contributed by atoms with Gasteiger partial charge in [0.05, 0.1) is 12.6 Å². The number of hydrogen-bond donors (Lipinski definition) is 1. The summed E-state index contributed by atoms with van der Waals surface area (Å²) in [5.74, 6) is -0.197. The zero-order valence-corrected chi connectivity index (χ0v) is 8.65.